The zero-order valence-electron chi connectivity index (χ0n) is 11.9. The maximum atomic E-state index is 11.6. The minimum absolute atomic E-state index is 0.0146. The molecular weight excluding hydrogens is 312 g/mol. The zero-order valence-corrected chi connectivity index (χ0v) is 13.4. The highest BCUT2D eigenvalue weighted by atomic mass is 35.5. The van der Waals surface area contributed by atoms with Gasteiger partial charge in [-0.15, -0.1) is 11.8 Å². The van der Waals surface area contributed by atoms with Crippen molar-refractivity contribution in [3.63, 3.8) is 0 Å². The van der Waals surface area contributed by atoms with Crippen molar-refractivity contribution in [2.24, 2.45) is 0 Å². The third-order valence-corrected chi connectivity index (χ3v) is 4.01. The molecule has 2 amide bonds. The topological polar surface area (TPSA) is 67.4 Å². The van der Waals surface area contributed by atoms with Gasteiger partial charge in [0, 0.05) is 30.7 Å². The number of carbonyl (C=O) groups is 2. The number of amides is 2. The molecule has 0 spiro atoms. The molecule has 21 heavy (non-hydrogen) atoms. The van der Waals surface area contributed by atoms with Crippen LogP contribution in [-0.2, 0) is 14.3 Å². The molecule has 0 saturated heterocycles. The highest BCUT2D eigenvalue weighted by Crippen LogP contribution is 2.26. The summed E-state index contributed by atoms with van der Waals surface area (Å²) in [5, 5.41) is 5.88. The molecule has 1 rings (SSSR count). The molecule has 116 valence electrons. The second kappa shape index (κ2) is 10.5. The first kappa shape index (κ1) is 17.8. The van der Waals surface area contributed by atoms with Gasteiger partial charge in [0.15, 0.2) is 0 Å². The molecule has 2 N–H and O–H groups in total. The van der Waals surface area contributed by atoms with Gasteiger partial charge in [-0.05, 0) is 12.1 Å². The SMILES string of the molecule is COCCNC(=O)CNC(=O)CCSc1ccccc1Cl. The summed E-state index contributed by atoms with van der Waals surface area (Å²) in [7, 11) is 1.56. The molecular formula is C14H19ClN2O3S. The van der Waals surface area contributed by atoms with Crippen molar-refractivity contribution in [3.8, 4) is 0 Å². The van der Waals surface area contributed by atoms with Gasteiger partial charge in [0.05, 0.1) is 18.2 Å². The second-order valence-corrected chi connectivity index (χ2v) is 5.69. The van der Waals surface area contributed by atoms with Gasteiger partial charge >= 0.3 is 0 Å². The van der Waals surface area contributed by atoms with Gasteiger partial charge in [-0.1, -0.05) is 23.7 Å². The molecule has 0 atom stereocenters. The Labute approximate surface area is 133 Å². The van der Waals surface area contributed by atoms with E-state index in [0.717, 1.165) is 4.90 Å². The minimum atomic E-state index is -0.223. The van der Waals surface area contributed by atoms with E-state index in [0.29, 0.717) is 30.3 Å². The van der Waals surface area contributed by atoms with Crippen LogP contribution in [0.1, 0.15) is 6.42 Å². The summed E-state index contributed by atoms with van der Waals surface area (Å²) in [5.41, 5.74) is 0. The van der Waals surface area contributed by atoms with Crippen molar-refractivity contribution in [3.05, 3.63) is 29.3 Å². The molecule has 7 heteroatoms. The Bertz CT molecular complexity index is 471. The number of carbonyl (C=O) groups excluding carboxylic acids is 2. The molecule has 0 aromatic heterocycles. The Kier molecular flexibility index (Phi) is 8.89. The number of benzene rings is 1. The Hall–Kier alpha value is -1.24. The molecule has 5 nitrogen and oxygen atoms in total. The fourth-order valence-electron chi connectivity index (χ4n) is 1.44. The zero-order chi connectivity index (χ0) is 15.5. The van der Waals surface area contributed by atoms with Crippen LogP contribution in [0, 0.1) is 0 Å². The van der Waals surface area contributed by atoms with Gasteiger partial charge in [0.1, 0.15) is 0 Å². The Morgan fingerprint density at radius 2 is 2.00 bits per heavy atom. The lowest BCUT2D eigenvalue weighted by Gasteiger charge is -2.07. The van der Waals surface area contributed by atoms with Crippen LogP contribution in [0.15, 0.2) is 29.2 Å². The molecule has 0 aliphatic heterocycles. The van der Waals surface area contributed by atoms with Gasteiger partial charge in [-0.2, -0.15) is 0 Å². The van der Waals surface area contributed by atoms with Crippen molar-refractivity contribution in [2.45, 2.75) is 11.3 Å². The van der Waals surface area contributed by atoms with Gasteiger partial charge < -0.3 is 15.4 Å². The number of hydrogen-bond donors (Lipinski definition) is 2. The molecule has 0 saturated carbocycles. The molecule has 1 aromatic carbocycles. The van der Waals surface area contributed by atoms with Crippen molar-refractivity contribution < 1.29 is 14.3 Å². The molecule has 0 unspecified atom stereocenters. The fraction of sp³-hybridized carbons (Fsp3) is 0.429. The summed E-state index contributed by atoms with van der Waals surface area (Å²) in [6.07, 6.45) is 0.335. The predicted molar refractivity (Wildman–Crippen MR) is 84.7 cm³/mol. The van der Waals surface area contributed by atoms with Crippen molar-refractivity contribution in [1.82, 2.24) is 10.6 Å². The first-order chi connectivity index (χ1) is 10.1. The number of methoxy groups -OCH3 is 1. The fourth-order valence-corrected chi connectivity index (χ4v) is 2.63. The summed E-state index contributed by atoms with van der Waals surface area (Å²) >= 11 is 7.53. The van der Waals surface area contributed by atoms with Crippen molar-refractivity contribution in [1.29, 1.82) is 0 Å². The smallest absolute Gasteiger partial charge is 0.239 e. The normalized spacial score (nSPS) is 10.2. The number of thioether (sulfide) groups is 1. The van der Waals surface area contributed by atoms with E-state index in [1.807, 2.05) is 24.3 Å². The van der Waals surface area contributed by atoms with Gasteiger partial charge in [0.2, 0.25) is 11.8 Å². The lowest BCUT2D eigenvalue weighted by atomic mass is 10.4. The van der Waals surface area contributed by atoms with Crippen LogP contribution in [-0.4, -0.2) is 44.4 Å². The van der Waals surface area contributed by atoms with Crippen LogP contribution in [0.2, 0.25) is 5.02 Å². The van der Waals surface area contributed by atoms with E-state index in [4.69, 9.17) is 16.3 Å². The van der Waals surface area contributed by atoms with E-state index in [2.05, 4.69) is 10.6 Å². The van der Waals surface area contributed by atoms with Crippen LogP contribution in [0.3, 0.4) is 0 Å². The van der Waals surface area contributed by atoms with E-state index >= 15 is 0 Å². The van der Waals surface area contributed by atoms with Crippen LogP contribution >= 0.6 is 23.4 Å². The van der Waals surface area contributed by atoms with Gasteiger partial charge in [0.25, 0.3) is 0 Å². The highest BCUT2D eigenvalue weighted by Gasteiger charge is 2.06. The van der Waals surface area contributed by atoms with Crippen LogP contribution in [0.25, 0.3) is 0 Å². The van der Waals surface area contributed by atoms with E-state index in [1.165, 1.54) is 11.8 Å². The van der Waals surface area contributed by atoms with Crippen molar-refractivity contribution >= 4 is 35.2 Å². The molecule has 0 aliphatic carbocycles. The lowest BCUT2D eigenvalue weighted by molar-refractivity contribution is -0.125. The number of hydrogen-bond acceptors (Lipinski definition) is 4. The van der Waals surface area contributed by atoms with E-state index < -0.39 is 0 Å². The summed E-state index contributed by atoms with van der Waals surface area (Å²) in [6.45, 7) is 0.876. The Morgan fingerprint density at radius 1 is 1.24 bits per heavy atom. The Morgan fingerprint density at radius 3 is 2.71 bits per heavy atom. The third kappa shape index (κ3) is 7.94. The second-order valence-electron chi connectivity index (χ2n) is 4.15. The average molecular weight is 331 g/mol. The van der Waals surface area contributed by atoms with Crippen LogP contribution in [0.5, 0.6) is 0 Å². The first-order valence-corrected chi connectivity index (χ1v) is 7.89. The molecule has 0 aliphatic rings. The van der Waals surface area contributed by atoms with Crippen LogP contribution in [0.4, 0.5) is 0 Å². The predicted octanol–water partition coefficient (Wildman–Crippen LogP) is 1.70. The van der Waals surface area contributed by atoms with Gasteiger partial charge in [-0.25, -0.2) is 0 Å². The Balaban J connectivity index is 2.14. The van der Waals surface area contributed by atoms with E-state index in [1.54, 1.807) is 7.11 Å². The van der Waals surface area contributed by atoms with Crippen molar-refractivity contribution in [2.75, 3.05) is 32.6 Å². The average Bonchev–Trinajstić information content (AvgIpc) is 2.47. The number of nitrogens with one attached hydrogen (secondary N) is 2. The standard InChI is InChI=1S/C14H19ClN2O3S/c1-20-8-7-16-14(19)10-17-13(18)6-9-21-12-5-3-2-4-11(12)15/h2-5H,6-10H2,1H3,(H,16,19)(H,17,18). The number of halogens is 1. The number of ether oxygens (including phenoxy) is 1. The highest BCUT2D eigenvalue weighted by molar-refractivity contribution is 7.99. The maximum absolute atomic E-state index is 11.6. The maximum Gasteiger partial charge on any atom is 0.239 e. The number of rotatable bonds is 9. The molecule has 0 radical (unpaired) electrons. The summed E-state index contributed by atoms with van der Waals surface area (Å²) in [6, 6.07) is 7.49. The summed E-state index contributed by atoms with van der Waals surface area (Å²) in [5.74, 6) is 0.233. The van der Waals surface area contributed by atoms with E-state index in [9.17, 15) is 9.59 Å². The summed E-state index contributed by atoms with van der Waals surface area (Å²) < 4.78 is 4.81. The van der Waals surface area contributed by atoms with E-state index in [-0.39, 0.29) is 18.4 Å². The minimum Gasteiger partial charge on any atom is -0.383 e. The molecule has 1 aromatic rings. The van der Waals surface area contributed by atoms with Crippen LogP contribution < -0.4 is 10.6 Å². The first-order valence-electron chi connectivity index (χ1n) is 6.53. The lowest BCUT2D eigenvalue weighted by Crippen LogP contribution is -2.38. The quantitative estimate of drug-likeness (QED) is 0.534. The molecule has 0 bridgehead atoms. The monoisotopic (exact) mass is 330 g/mol. The third-order valence-electron chi connectivity index (χ3n) is 2.50. The molecule has 0 heterocycles. The summed E-state index contributed by atoms with van der Waals surface area (Å²) in [4.78, 5) is 23.9. The van der Waals surface area contributed by atoms with Gasteiger partial charge in [-0.3, -0.25) is 9.59 Å². The largest absolute Gasteiger partial charge is 0.383 e. The molecule has 0 fully saturated rings.